The molecule has 0 spiro atoms. The number of hydrogen-bond acceptors (Lipinski definition) is 4. The summed E-state index contributed by atoms with van der Waals surface area (Å²) in [5.74, 6) is -0.0641. The minimum absolute atomic E-state index is 0.0285. The minimum atomic E-state index is -0.445. The topological polar surface area (TPSA) is 126 Å². The van der Waals surface area contributed by atoms with Gasteiger partial charge in [-0.15, -0.1) is 0 Å². The highest BCUT2D eigenvalue weighted by Gasteiger charge is 2.35. The van der Waals surface area contributed by atoms with Crippen LogP contribution >= 0.6 is 0 Å². The van der Waals surface area contributed by atoms with Crippen molar-refractivity contribution in [3.8, 4) is 0 Å². The highest BCUT2D eigenvalue weighted by molar-refractivity contribution is 5.98. The van der Waals surface area contributed by atoms with E-state index in [1.54, 1.807) is 0 Å². The first-order chi connectivity index (χ1) is 20.5. The van der Waals surface area contributed by atoms with Crippen LogP contribution in [0.1, 0.15) is 46.8 Å². The van der Waals surface area contributed by atoms with Crippen LogP contribution < -0.4 is 22.1 Å². The molecule has 4 aromatic rings. The van der Waals surface area contributed by atoms with Gasteiger partial charge in [0.1, 0.15) is 0 Å². The number of rotatable bonds is 10. The second-order valence-electron chi connectivity index (χ2n) is 10.7. The number of carbonyl (C=O) groups is 2. The molecule has 5 rings (SSSR count). The molecular formula is C34H38N6O2. The van der Waals surface area contributed by atoms with Gasteiger partial charge in [0.05, 0.1) is 12.1 Å². The van der Waals surface area contributed by atoms with Crippen LogP contribution in [0, 0.1) is 0 Å². The van der Waals surface area contributed by atoms with Crippen molar-refractivity contribution < 1.29 is 9.59 Å². The third-order valence-corrected chi connectivity index (χ3v) is 7.74. The predicted octanol–water partition coefficient (Wildman–Crippen LogP) is 3.97. The number of guanidine groups is 1. The molecule has 6 N–H and O–H groups in total. The van der Waals surface area contributed by atoms with Gasteiger partial charge >= 0.3 is 0 Å². The third-order valence-electron chi connectivity index (χ3n) is 7.74. The Hall–Kier alpha value is -4.69. The molecule has 0 radical (unpaired) electrons. The van der Waals surface area contributed by atoms with E-state index < -0.39 is 6.04 Å². The third kappa shape index (κ3) is 7.14. The fourth-order valence-corrected chi connectivity index (χ4v) is 5.64. The Kier molecular flexibility index (Phi) is 9.46. The molecule has 2 amide bonds. The first-order valence-electron chi connectivity index (χ1n) is 14.5. The van der Waals surface area contributed by atoms with Crippen molar-refractivity contribution >= 4 is 28.5 Å². The number of benzene rings is 4. The van der Waals surface area contributed by atoms with Gasteiger partial charge in [-0.2, -0.15) is 0 Å². The maximum Gasteiger partial charge on any atom is 0.251 e. The summed E-state index contributed by atoms with van der Waals surface area (Å²) in [5.41, 5.74) is 13.8. The van der Waals surface area contributed by atoms with Crippen molar-refractivity contribution in [1.29, 1.82) is 0 Å². The summed E-state index contributed by atoms with van der Waals surface area (Å²) in [6.07, 6.45) is 1.90. The number of hydrogen-bond donors (Lipinski definition) is 4. The molecule has 1 heterocycles. The van der Waals surface area contributed by atoms with E-state index in [0.29, 0.717) is 44.5 Å². The number of nitrogens with two attached hydrogens (primary N) is 2. The van der Waals surface area contributed by atoms with Gasteiger partial charge in [0.25, 0.3) is 5.91 Å². The zero-order chi connectivity index (χ0) is 29.3. The van der Waals surface area contributed by atoms with Crippen molar-refractivity contribution in [1.82, 2.24) is 15.5 Å². The molecular weight excluding hydrogens is 524 g/mol. The molecule has 1 saturated heterocycles. The van der Waals surface area contributed by atoms with Crippen molar-refractivity contribution in [2.45, 2.75) is 37.4 Å². The average Bonchev–Trinajstić information content (AvgIpc) is 3.17. The van der Waals surface area contributed by atoms with Gasteiger partial charge in [-0.1, -0.05) is 91.0 Å². The highest BCUT2D eigenvalue weighted by Crippen LogP contribution is 2.31. The summed E-state index contributed by atoms with van der Waals surface area (Å²) in [6, 6.07) is 33.2. The second kappa shape index (κ2) is 13.8. The van der Waals surface area contributed by atoms with Crippen molar-refractivity contribution in [2.75, 3.05) is 19.6 Å². The lowest BCUT2D eigenvalue weighted by molar-refractivity contribution is -0.134. The number of carbonyl (C=O) groups excluding carboxylic acids is 2. The van der Waals surface area contributed by atoms with E-state index in [-0.39, 0.29) is 29.9 Å². The largest absolute Gasteiger partial charge is 0.370 e. The zero-order valence-electron chi connectivity index (χ0n) is 23.7. The summed E-state index contributed by atoms with van der Waals surface area (Å²) >= 11 is 0. The summed E-state index contributed by atoms with van der Waals surface area (Å²) in [5, 5.41) is 8.77. The molecule has 1 aliphatic rings. The molecule has 2 unspecified atom stereocenters. The van der Waals surface area contributed by atoms with Crippen LogP contribution in [0.4, 0.5) is 0 Å². The first-order valence-corrected chi connectivity index (χ1v) is 14.5. The Balaban J connectivity index is 1.36. The molecule has 4 aromatic carbocycles. The fraction of sp³-hybridized carbons (Fsp3) is 0.265. The fourth-order valence-electron chi connectivity index (χ4n) is 5.64. The maximum atomic E-state index is 14.2. The van der Waals surface area contributed by atoms with Gasteiger partial charge in [-0.25, -0.2) is 0 Å². The van der Waals surface area contributed by atoms with Gasteiger partial charge in [-0.05, 0) is 53.3 Å². The number of fused-ring (bicyclic) bond motifs is 1. The van der Waals surface area contributed by atoms with E-state index in [2.05, 4.69) is 39.9 Å². The predicted molar refractivity (Wildman–Crippen MR) is 168 cm³/mol. The van der Waals surface area contributed by atoms with Crippen LogP contribution in [0.2, 0.25) is 0 Å². The van der Waals surface area contributed by atoms with Crippen LogP contribution in [0.5, 0.6) is 0 Å². The lowest BCUT2D eigenvalue weighted by Crippen LogP contribution is -2.49. The maximum absolute atomic E-state index is 14.2. The van der Waals surface area contributed by atoms with E-state index in [9.17, 15) is 9.59 Å². The van der Waals surface area contributed by atoms with Crippen molar-refractivity contribution in [3.05, 3.63) is 120 Å². The molecule has 42 heavy (non-hydrogen) atoms. The molecule has 8 heteroatoms. The lowest BCUT2D eigenvalue weighted by Gasteiger charge is -2.33. The summed E-state index contributed by atoms with van der Waals surface area (Å²) < 4.78 is 0. The van der Waals surface area contributed by atoms with Crippen molar-refractivity contribution in [2.24, 2.45) is 16.5 Å². The molecule has 1 fully saturated rings. The summed E-state index contributed by atoms with van der Waals surface area (Å²) in [6.45, 7) is 1.39. The normalized spacial score (nSPS) is 17.2. The van der Waals surface area contributed by atoms with E-state index >= 15 is 0 Å². The average molecular weight is 563 g/mol. The minimum Gasteiger partial charge on any atom is -0.370 e. The van der Waals surface area contributed by atoms with Crippen molar-refractivity contribution in [3.63, 3.8) is 0 Å². The Morgan fingerprint density at radius 3 is 2.21 bits per heavy atom. The number of nitrogens with one attached hydrogen (secondary N) is 2. The quantitative estimate of drug-likeness (QED) is 0.132. The molecule has 0 aliphatic carbocycles. The first kappa shape index (κ1) is 28.8. The van der Waals surface area contributed by atoms with Gasteiger partial charge in [0.2, 0.25) is 5.91 Å². The molecule has 2 atom stereocenters. The zero-order valence-corrected chi connectivity index (χ0v) is 23.7. The Labute approximate surface area is 246 Å². The van der Waals surface area contributed by atoms with E-state index in [4.69, 9.17) is 11.5 Å². The lowest BCUT2D eigenvalue weighted by atomic mass is 9.96. The van der Waals surface area contributed by atoms with Gasteiger partial charge in [0.15, 0.2) is 5.96 Å². The summed E-state index contributed by atoms with van der Waals surface area (Å²) in [4.78, 5) is 33.4. The standard InChI is InChI=1S/C34H38N6O2/c35-34(36)37-20-9-16-30-33(42)40(31(25-11-3-1-4-12-25)26-13-5-2-6-14-26)21-19-29(39-30)23-38-32(41)28-18-17-24-10-7-8-15-27(24)22-28/h1-8,10-15,17-18,22,29-31,39H,9,16,19-21,23H2,(H,38,41)(H4,35,36,37). The smallest absolute Gasteiger partial charge is 0.251 e. The van der Waals surface area contributed by atoms with Gasteiger partial charge in [0, 0.05) is 31.2 Å². The van der Waals surface area contributed by atoms with Crippen LogP contribution in [-0.4, -0.2) is 54.4 Å². The Morgan fingerprint density at radius 2 is 1.55 bits per heavy atom. The Morgan fingerprint density at radius 1 is 0.905 bits per heavy atom. The number of nitrogens with zero attached hydrogens (tertiary/aromatic N) is 2. The van der Waals surface area contributed by atoms with Gasteiger partial charge in [-0.3, -0.25) is 14.6 Å². The van der Waals surface area contributed by atoms with E-state index in [1.165, 1.54) is 0 Å². The van der Waals surface area contributed by atoms with E-state index in [1.807, 2.05) is 83.8 Å². The Bertz CT molecular complexity index is 1480. The summed E-state index contributed by atoms with van der Waals surface area (Å²) in [7, 11) is 0. The SMILES string of the molecule is NC(N)=NCCCC1NC(CNC(=O)c2ccc3ccccc3c2)CCN(C(c2ccccc2)c2ccccc2)C1=O. The van der Waals surface area contributed by atoms with Crippen LogP contribution in [0.25, 0.3) is 10.8 Å². The van der Waals surface area contributed by atoms with Gasteiger partial charge < -0.3 is 27.0 Å². The molecule has 0 bridgehead atoms. The highest BCUT2D eigenvalue weighted by atomic mass is 16.2. The molecule has 8 nitrogen and oxygen atoms in total. The van der Waals surface area contributed by atoms with Crippen LogP contribution in [0.3, 0.4) is 0 Å². The molecule has 216 valence electrons. The van der Waals surface area contributed by atoms with E-state index in [0.717, 1.165) is 21.9 Å². The number of aliphatic imine (C=N–C) groups is 1. The monoisotopic (exact) mass is 562 g/mol. The second-order valence-corrected chi connectivity index (χ2v) is 10.7. The van der Waals surface area contributed by atoms with Crippen LogP contribution in [-0.2, 0) is 4.79 Å². The van der Waals surface area contributed by atoms with Crippen LogP contribution in [0.15, 0.2) is 108 Å². The molecule has 0 aromatic heterocycles. The molecule has 0 saturated carbocycles. The number of amides is 2. The molecule has 1 aliphatic heterocycles.